The van der Waals surface area contributed by atoms with Crippen molar-refractivity contribution >= 4 is 44.3 Å². The molecule has 0 radical (unpaired) electrons. The number of hydrogen-bond donors (Lipinski definition) is 1. The Balaban J connectivity index is 1.67. The number of thiazole rings is 1. The van der Waals surface area contributed by atoms with Crippen molar-refractivity contribution in [1.29, 1.82) is 0 Å². The van der Waals surface area contributed by atoms with Gasteiger partial charge in [0.15, 0.2) is 0 Å². The fraction of sp³-hybridized carbons (Fsp3) is 0.133. The third kappa shape index (κ3) is 3.29. The van der Waals surface area contributed by atoms with Crippen molar-refractivity contribution in [3.05, 3.63) is 55.4 Å². The zero-order chi connectivity index (χ0) is 13.9. The van der Waals surface area contributed by atoms with Gasteiger partial charge in [-0.2, -0.15) is 0 Å². The largest absolute Gasteiger partial charge is 0.380 e. The smallest absolute Gasteiger partial charge is 0.0901 e. The summed E-state index contributed by atoms with van der Waals surface area (Å²) in [6.45, 7) is 2.88. The number of nitrogens with zero attached hydrogens (tertiary/aromatic N) is 1. The molecule has 2 nitrogen and oxygen atoms in total. The minimum atomic E-state index is 0.853. The van der Waals surface area contributed by atoms with E-state index in [0.717, 1.165) is 22.9 Å². The normalized spacial score (nSPS) is 10.7. The van der Waals surface area contributed by atoms with Crippen LogP contribution in [0.25, 0.3) is 11.3 Å². The van der Waals surface area contributed by atoms with E-state index in [0.29, 0.717) is 0 Å². The molecule has 102 valence electrons. The zero-order valence-electron chi connectivity index (χ0n) is 10.9. The van der Waals surface area contributed by atoms with Crippen molar-refractivity contribution in [2.75, 3.05) is 5.32 Å². The van der Waals surface area contributed by atoms with Crippen molar-refractivity contribution in [2.45, 2.75) is 13.5 Å². The summed E-state index contributed by atoms with van der Waals surface area (Å²) in [6.07, 6.45) is 0. The molecule has 2 heterocycles. The number of nitrogens with one attached hydrogen (secondary N) is 1. The van der Waals surface area contributed by atoms with E-state index in [9.17, 15) is 0 Å². The van der Waals surface area contributed by atoms with Crippen LogP contribution >= 0.6 is 38.6 Å². The monoisotopic (exact) mass is 364 g/mol. The van der Waals surface area contributed by atoms with Crippen LogP contribution in [0.4, 0.5) is 5.69 Å². The number of halogens is 1. The van der Waals surface area contributed by atoms with Gasteiger partial charge in [0.1, 0.15) is 0 Å². The highest BCUT2D eigenvalue weighted by Crippen LogP contribution is 2.25. The Morgan fingerprint density at radius 3 is 2.55 bits per heavy atom. The number of benzene rings is 1. The Morgan fingerprint density at radius 2 is 1.95 bits per heavy atom. The second kappa shape index (κ2) is 6.08. The van der Waals surface area contributed by atoms with E-state index in [4.69, 9.17) is 0 Å². The van der Waals surface area contributed by atoms with E-state index in [-0.39, 0.29) is 0 Å². The Bertz CT molecular complexity index is 701. The summed E-state index contributed by atoms with van der Waals surface area (Å²) in [5.74, 6) is 0. The number of anilines is 1. The predicted octanol–water partition coefficient (Wildman–Crippen LogP) is 5.55. The second-order valence-corrected chi connectivity index (χ2v) is 8.00. The fourth-order valence-electron chi connectivity index (χ4n) is 1.89. The molecule has 0 atom stereocenters. The van der Waals surface area contributed by atoms with Gasteiger partial charge in [0.2, 0.25) is 0 Å². The first-order valence-electron chi connectivity index (χ1n) is 6.21. The van der Waals surface area contributed by atoms with Crippen LogP contribution in [-0.2, 0) is 6.54 Å². The lowest BCUT2D eigenvalue weighted by atomic mass is 10.1. The molecule has 0 amide bonds. The van der Waals surface area contributed by atoms with Crippen LogP contribution in [0.2, 0.25) is 0 Å². The van der Waals surface area contributed by atoms with Gasteiger partial charge in [0.05, 0.1) is 14.5 Å². The molecule has 0 saturated carbocycles. The number of aromatic nitrogens is 1. The van der Waals surface area contributed by atoms with Gasteiger partial charge in [-0.25, -0.2) is 4.98 Å². The van der Waals surface area contributed by atoms with Crippen molar-refractivity contribution < 1.29 is 0 Å². The van der Waals surface area contributed by atoms with E-state index in [1.54, 1.807) is 22.7 Å². The highest BCUT2D eigenvalue weighted by Gasteiger charge is 2.02. The molecule has 0 bridgehead atoms. The molecule has 2 aromatic heterocycles. The summed E-state index contributed by atoms with van der Waals surface area (Å²) < 4.78 is 1.17. The van der Waals surface area contributed by atoms with Crippen molar-refractivity contribution in [2.24, 2.45) is 0 Å². The fourth-order valence-corrected chi connectivity index (χ4v) is 3.94. The third-order valence-electron chi connectivity index (χ3n) is 2.90. The zero-order valence-corrected chi connectivity index (χ0v) is 14.1. The SMILES string of the molecule is Cc1nc(-c2ccc(NCc3ccc(Br)s3)cc2)cs1. The summed E-state index contributed by atoms with van der Waals surface area (Å²) in [7, 11) is 0. The molecule has 1 N–H and O–H groups in total. The maximum absolute atomic E-state index is 4.50. The molecule has 20 heavy (non-hydrogen) atoms. The summed E-state index contributed by atoms with van der Waals surface area (Å²) in [6, 6.07) is 12.6. The van der Waals surface area contributed by atoms with Crippen LogP contribution in [0, 0.1) is 6.92 Å². The molecule has 3 aromatic rings. The Morgan fingerprint density at radius 1 is 1.15 bits per heavy atom. The summed E-state index contributed by atoms with van der Waals surface area (Å²) in [4.78, 5) is 5.82. The van der Waals surface area contributed by atoms with Gasteiger partial charge in [-0.15, -0.1) is 22.7 Å². The average Bonchev–Trinajstić information content (AvgIpc) is 3.06. The van der Waals surface area contributed by atoms with Crippen LogP contribution in [0.15, 0.2) is 45.6 Å². The van der Waals surface area contributed by atoms with Crippen molar-refractivity contribution in [1.82, 2.24) is 4.98 Å². The second-order valence-electron chi connectivity index (χ2n) is 4.39. The molecule has 0 spiro atoms. The summed E-state index contributed by atoms with van der Waals surface area (Å²) in [5.41, 5.74) is 3.35. The summed E-state index contributed by atoms with van der Waals surface area (Å²) in [5, 5.41) is 6.63. The predicted molar refractivity (Wildman–Crippen MR) is 91.6 cm³/mol. The van der Waals surface area contributed by atoms with Gasteiger partial charge in [0.25, 0.3) is 0 Å². The van der Waals surface area contributed by atoms with E-state index in [1.807, 2.05) is 6.92 Å². The van der Waals surface area contributed by atoms with E-state index in [1.165, 1.54) is 14.2 Å². The van der Waals surface area contributed by atoms with Gasteiger partial charge < -0.3 is 5.32 Å². The molecule has 0 aliphatic carbocycles. The van der Waals surface area contributed by atoms with Crippen molar-refractivity contribution in [3.8, 4) is 11.3 Å². The van der Waals surface area contributed by atoms with Crippen LogP contribution < -0.4 is 5.32 Å². The van der Waals surface area contributed by atoms with Gasteiger partial charge >= 0.3 is 0 Å². The van der Waals surface area contributed by atoms with Gasteiger partial charge in [0, 0.05) is 28.1 Å². The first-order valence-corrected chi connectivity index (χ1v) is 8.70. The number of hydrogen-bond acceptors (Lipinski definition) is 4. The van der Waals surface area contributed by atoms with Crippen LogP contribution in [0.3, 0.4) is 0 Å². The first-order chi connectivity index (χ1) is 9.70. The molecule has 5 heteroatoms. The molecule has 1 aromatic carbocycles. The quantitative estimate of drug-likeness (QED) is 0.655. The lowest BCUT2D eigenvalue weighted by Gasteiger charge is -2.05. The van der Waals surface area contributed by atoms with E-state index < -0.39 is 0 Å². The number of thiophene rings is 1. The topological polar surface area (TPSA) is 24.9 Å². The standard InChI is InChI=1S/C15H13BrN2S2/c1-10-18-14(9-19-10)11-2-4-12(5-3-11)17-8-13-6-7-15(16)20-13/h2-7,9,17H,8H2,1H3. The molecule has 0 saturated heterocycles. The maximum Gasteiger partial charge on any atom is 0.0901 e. The molecule has 0 aliphatic heterocycles. The highest BCUT2D eigenvalue weighted by molar-refractivity contribution is 9.11. The Labute approximate surface area is 134 Å². The Kier molecular flexibility index (Phi) is 4.19. The number of rotatable bonds is 4. The van der Waals surface area contributed by atoms with Gasteiger partial charge in [-0.05, 0) is 47.1 Å². The molecular formula is C15H13BrN2S2. The number of aryl methyl sites for hydroxylation is 1. The van der Waals surface area contributed by atoms with E-state index >= 15 is 0 Å². The van der Waals surface area contributed by atoms with Crippen LogP contribution in [0.5, 0.6) is 0 Å². The lowest BCUT2D eigenvalue weighted by Crippen LogP contribution is -1.96. The Hall–Kier alpha value is -1.17. The molecule has 3 rings (SSSR count). The minimum absolute atomic E-state index is 0.853. The van der Waals surface area contributed by atoms with Gasteiger partial charge in [-0.1, -0.05) is 12.1 Å². The molecule has 0 unspecified atom stereocenters. The maximum atomic E-state index is 4.50. The van der Waals surface area contributed by atoms with Crippen molar-refractivity contribution in [3.63, 3.8) is 0 Å². The highest BCUT2D eigenvalue weighted by atomic mass is 79.9. The average molecular weight is 365 g/mol. The first kappa shape index (κ1) is 13.8. The minimum Gasteiger partial charge on any atom is -0.380 e. The van der Waals surface area contributed by atoms with Crippen LogP contribution in [-0.4, -0.2) is 4.98 Å². The molecule has 0 fully saturated rings. The third-order valence-corrected chi connectivity index (χ3v) is 5.29. The van der Waals surface area contributed by atoms with Gasteiger partial charge in [-0.3, -0.25) is 0 Å². The molecular weight excluding hydrogens is 352 g/mol. The summed E-state index contributed by atoms with van der Waals surface area (Å²) >= 11 is 6.92. The lowest BCUT2D eigenvalue weighted by molar-refractivity contribution is 1.19. The molecule has 0 aliphatic rings. The van der Waals surface area contributed by atoms with Crippen LogP contribution in [0.1, 0.15) is 9.88 Å². The van der Waals surface area contributed by atoms with E-state index in [2.05, 4.69) is 68.0 Å².